The Balaban J connectivity index is 1.74. The predicted octanol–water partition coefficient (Wildman–Crippen LogP) is 0.273. The number of aliphatic hydroxyl groups excluding tert-OH is 2. The van der Waals surface area contributed by atoms with Crippen LogP contribution in [0.25, 0.3) is 6.08 Å². The van der Waals surface area contributed by atoms with E-state index in [1.807, 2.05) is 0 Å². The minimum absolute atomic E-state index is 0.0154. The summed E-state index contributed by atoms with van der Waals surface area (Å²) in [6.45, 7) is 2.38. The fraction of sp³-hybridized carbons (Fsp3) is 0.400. The van der Waals surface area contributed by atoms with Crippen LogP contribution in [0, 0.1) is 0 Å². The van der Waals surface area contributed by atoms with Gasteiger partial charge in [-0.15, -0.1) is 0 Å². The molecule has 10 nitrogen and oxygen atoms in total. The molecule has 0 unspecified atom stereocenters. The summed E-state index contributed by atoms with van der Waals surface area (Å²) < 4.78 is 20.2. The average Bonchev–Trinajstić information content (AvgIpc) is 2.92. The SMILES string of the molecule is CC(=O)Oc1ccc(/C=C/C(=O)O[C@]23C[C@H](O)[C@@H](O)[C@@H](C2)OC3=O)cc1OC(C)=O. The Hall–Kier alpha value is -3.24. The van der Waals surface area contributed by atoms with Gasteiger partial charge < -0.3 is 29.2 Å². The van der Waals surface area contributed by atoms with Crippen LogP contribution in [0.2, 0.25) is 0 Å². The molecule has 0 radical (unpaired) electrons. The molecule has 160 valence electrons. The van der Waals surface area contributed by atoms with E-state index in [2.05, 4.69) is 0 Å². The first kappa shape index (κ1) is 21.5. The van der Waals surface area contributed by atoms with Crippen molar-refractivity contribution in [3.8, 4) is 11.5 Å². The topological polar surface area (TPSA) is 146 Å². The Bertz CT molecular complexity index is 920. The summed E-state index contributed by atoms with van der Waals surface area (Å²) in [5.74, 6) is -2.89. The zero-order valence-electron chi connectivity index (χ0n) is 16.2. The van der Waals surface area contributed by atoms with Crippen LogP contribution in [0.4, 0.5) is 0 Å². The van der Waals surface area contributed by atoms with E-state index in [-0.39, 0.29) is 24.3 Å². The smallest absolute Gasteiger partial charge is 0.351 e. The first-order valence-electron chi connectivity index (χ1n) is 9.09. The lowest BCUT2D eigenvalue weighted by Gasteiger charge is -2.33. The maximum absolute atomic E-state index is 12.3. The van der Waals surface area contributed by atoms with Crippen molar-refractivity contribution in [3.63, 3.8) is 0 Å². The second kappa shape index (κ2) is 8.25. The molecule has 0 aromatic heterocycles. The van der Waals surface area contributed by atoms with Crippen molar-refractivity contribution >= 4 is 30.0 Å². The molecule has 2 fully saturated rings. The third-order valence-corrected chi connectivity index (χ3v) is 4.66. The lowest BCUT2D eigenvalue weighted by molar-refractivity contribution is -0.172. The molecule has 0 amide bonds. The van der Waals surface area contributed by atoms with Gasteiger partial charge in [-0.05, 0) is 23.8 Å². The highest BCUT2D eigenvalue weighted by atomic mass is 16.6. The Kier molecular flexibility index (Phi) is 5.90. The van der Waals surface area contributed by atoms with E-state index in [0.717, 1.165) is 6.08 Å². The van der Waals surface area contributed by atoms with E-state index in [1.54, 1.807) is 0 Å². The van der Waals surface area contributed by atoms with Gasteiger partial charge in [0, 0.05) is 32.8 Å². The highest BCUT2D eigenvalue weighted by molar-refractivity contribution is 5.92. The monoisotopic (exact) mass is 420 g/mol. The number of ether oxygens (including phenoxy) is 4. The van der Waals surface area contributed by atoms with Gasteiger partial charge in [-0.2, -0.15) is 0 Å². The molecule has 1 aromatic carbocycles. The van der Waals surface area contributed by atoms with Crippen molar-refractivity contribution in [3.05, 3.63) is 29.8 Å². The molecule has 1 saturated carbocycles. The number of esters is 4. The molecular formula is C20H20O10. The van der Waals surface area contributed by atoms with E-state index in [0.29, 0.717) is 5.56 Å². The molecule has 2 aliphatic rings. The molecule has 1 aliphatic heterocycles. The Morgan fingerprint density at radius 2 is 1.77 bits per heavy atom. The van der Waals surface area contributed by atoms with E-state index in [4.69, 9.17) is 18.9 Å². The van der Waals surface area contributed by atoms with Gasteiger partial charge in [-0.3, -0.25) is 9.59 Å². The Morgan fingerprint density at radius 3 is 2.43 bits per heavy atom. The third-order valence-electron chi connectivity index (χ3n) is 4.66. The first-order valence-corrected chi connectivity index (χ1v) is 9.09. The molecule has 3 rings (SSSR count). The van der Waals surface area contributed by atoms with Gasteiger partial charge in [-0.25, -0.2) is 9.59 Å². The summed E-state index contributed by atoms with van der Waals surface area (Å²) in [6, 6.07) is 4.28. The zero-order chi connectivity index (χ0) is 22.1. The molecule has 2 bridgehead atoms. The predicted molar refractivity (Wildman–Crippen MR) is 98.0 cm³/mol. The summed E-state index contributed by atoms with van der Waals surface area (Å²) in [7, 11) is 0. The third kappa shape index (κ3) is 4.50. The maximum Gasteiger partial charge on any atom is 0.351 e. The number of benzene rings is 1. The van der Waals surface area contributed by atoms with Crippen molar-refractivity contribution in [2.45, 2.75) is 50.6 Å². The quantitative estimate of drug-likeness (QED) is 0.387. The fourth-order valence-electron chi connectivity index (χ4n) is 3.38. The molecule has 1 aliphatic carbocycles. The van der Waals surface area contributed by atoms with Gasteiger partial charge >= 0.3 is 23.9 Å². The number of fused-ring (bicyclic) bond motifs is 2. The van der Waals surface area contributed by atoms with Gasteiger partial charge in [0.15, 0.2) is 11.5 Å². The first-order chi connectivity index (χ1) is 14.1. The van der Waals surface area contributed by atoms with Gasteiger partial charge in [0.05, 0.1) is 6.10 Å². The molecule has 1 aromatic rings. The largest absolute Gasteiger partial charge is 0.456 e. The van der Waals surface area contributed by atoms with Crippen LogP contribution in [0.1, 0.15) is 32.3 Å². The number of carbonyl (C=O) groups is 4. The average molecular weight is 420 g/mol. The number of hydrogen-bond acceptors (Lipinski definition) is 10. The Morgan fingerprint density at radius 1 is 1.10 bits per heavy atom. The molecule has 4 atom stereocenters. The standard InChI is InChI=1S/C20H20O10/c1-10(21)27-14-5-3-12(7-15(14)28-11(2)22)4-6-17(24)30-20-8-13(23)18(25)16(9-20)29-19(20)26/h3-7,13,16,18,23,25H,8-9H2,1-2H3/b6-4+/t13-,16+,18+,20+/m0/s1. The minimum Gasteiger partial charge on any atom is -0.456 e. The van der Waals surface area contributed by atoms with Crippen LogP contribution in [0.15, 0.2) is 24.3 Å². The van der Waals surface area contributed by atoms with Gasteiger partial charge in [-0.1, -0.05) is 6.07 Å². The second-order valence-corrected chi connectivity index (χ2v) is 7.05. The van der Waals surface area contributed by atoms with Crippen LogP contribution in [0.3, 0.4) is 0 Å². The van der Waals surface area contributed by atoms with Crippen LogP contribution in [-0.2, 0) is 28.7 Å². The summed E-state index contributed by atoms with van der Waals surface area (Å²) in [5.41, 5.74) is -1.23. The van der Waals surface area contributed by atoms with Gasteiger partial charge in [0.25, 0.3) is 0 Å². The van der Waals surface area contributed by atoms with Crippen molar-refractivity contribution < 1.29 is 48.3 Å². The van der Waals surface area contributed by atoms with Crippen molar-refractivity contribution in [2.75, 3.05) is 0 Å². The van der Waals surface area contributed by atoms with E-state index in [1.165, 1.54) is 38.1 Å². The van der Waals surface area contributed by atoms with Crippen LogP contribution in [0.5, 0.6) is 11.5 Å². The molecule has 0 spiro atoms. The summed E-state index contributed by atoms with van der Waals surface area (Å²) in [4.78, 5) is 46.8. The minimum atomic E-state index is -1.65. The van der Waals surface area contributed by atoms with Gasteiger partial charge in [0.1, 0.15) is 12.2 Å². The highest BCUT2D eigenvalue weighted by Gasteiger charge is 2.60. The zero-order valence-corrected chi connectivity index (χ0v) is 16.2. The molecular weight excluding hydrogens is 400 g/mol. The van der Waals surface area contributed by atoms with Crippen molar-refractivity contribution in [2.24, 2.45) is 0 Å². The Labute approximate surface area is 171 Å². The highest BCUT2D eigenvalue weighted by Crippen LogP contribution is 2.41. The fourth-order valence-corrected chi connectivity index (χ4v) is 3.38. The molecule has 30 heavy (non-hydrogen) atoms. The lowest BCUT2D eigenvalue weighted by Crippen LogP contribution is -2.50. The summed E-state index contributed by atoms with van der Waals surface area (Å²) >= 11 is 0. The van der Waals surface area contributed by atoms with Crippen molar-refractivity contribution in [1.29, 1.82) is 0 Å². The van der Waals surface area contributed by atoms with E-state index >= 15 is 0 Å². The lowest BCUT2D eigenvalue weighted by atomic mass is 9.82. The number of carbonyl (C=O) groups excluding carboxylic acids is 4. The normalized spacial score (nSPS) is 27.5. The maximum atomic E-state index is 12.3. The van der Waals surface area contributed by atoms with Gasteiger partial charge in [0.2, 0.25) is 5.60 Å². The second-order valence-electron chi connectivity index (χ2n) is 7.05. The molecule has 10 heteroatoms. The molecule has 1 saturated heterocycles. The molecule has 2 N–H and O–H groups in total. The van der Waals surface area contributed by atoms with Crippen LogP contribution >= 0.6 is 0 Å². The van der Waals surface area contributed by atoms with E-state index < -0.39 is 47.8 Å². The van der Waals surface area contributed by atoms with Crippen molar-refractivity contribution in [1.82, 2.24) is 0 Å². The van der Waals surface area contributed by atoms with Crippen LogP contribution in [-0.4, -0.2) is 58.0 Å². The number of hydrogen-bond donors (Lipinski definition) is 2. The van der Waals surface area contributed by atoms with E-state index in [9.17, 15) is 29.4 Å². The number of rotatable bonds is 5. The summed E-state index contributed by atoms with van der Waals surface area (Å²) in [6.07, 6.45) is -1.34. The van der Waals surface area contributed by atoms with Crippen LogP contribution < -0.4 is 9.47 Å². The molecule has 1 heterocycles. The number of aliphatic hydroxyl groups is 2. The summed E-state index contributed by atoms with van der Waals surface area (Å²) in [5, 5.41) is 19.7.